The number of anilines is 4. The molecule has 0 fully saturated rings. The lowest BCUT2D eigenvalue weighted by atomic mass is 10.1. The van der Waals surface area contributed by atoms with E-state index in [0.717, 1.165) is 6.20 Å². The Hall–Kier alpha value is -4.19. The number of nitrogens with zero attached hydrogens (tertiary/aromatic N) is 3. The molecule has 1 aromatic carbocycles. The van der Waals surface area contributed by atoms with E-state index in [1.54, 1.807) is 24.3 Å². The first-order valence-electron chi connectivity index (χ1n) is 8.50. The van der Waals surface area contributed by atoms with Gasteiger partial charge in [0.1, 0.15) is 23.5 Å². The fraction of sp³-hybridized carbons (Fsp3) is 0.100. The van der Waals surface area contributed by atoms with Crippen molar-refractivity contribution in [2.24, 2.45) is 0 Å². The van der Waals surface area contributed by atoms with E-state index in [9.17, 15) is 14.4 Å². The number of hydrogen-bond donors (Lipinski definition) is 3. The maximum absolute atomic E-state index is 13.1. The fourth-order valence-electron chi connectivity index (χ4n) is 2.61. The van der Waals surface area contributed by atoms with Crippen molar-refractivity contribution in [1.82, 2.24) is 15.3 Å². The molecule has 3 rings (SSSR count). The predicted molar refractivity (Wildman–Crippen MR) is 106 cm³/mol. The minimum Gasteiger partial charge on any atom is -0.493 e. The molecule has 0 atom stereocenters. The Labute approximate surface area is 166 Å². The minimum atomic E-state index is -0.453. The molecule has 2 heterocycles. The molecular formula is C20H17FN6O2. The molecule has 2 aromatic heterocycles. The van der Waals surface area contributed by atoms with Crippen molar-refractivity contribution in [3.05, 3.63) is 65.7 Å². The van der Waals surface area contributed by atoms with Crippen LogP contribution in [0.15, 0.2) is 48.8 Å². The van der Waals surface area contributed by atoms with E-state index in [1.165, 1.54) is 32.5 Å². The van der Waals surface area contributed by atoms with E-state index in [4.69, 9.17) is 4.74 Å². The summed E-state index contributed by atoms with van der Waals surface area (Å²) in [6, 6.07) is 11.5. The van der Waals surface area contributed by atoms with Gasteiger partial charge < -0.3 is 20.7 Å². The molecule has 0 aliphatic heterocycles. The molecule has 0 saturated heterocycles. The molecule has 0 saturated carbocycles. The van der Waals surface area contributed by atoms with Crippen LogP contribution in [0.4, 0.5) is 27.4 Å². The molecule has 0 bridgehead atoms. The van der Waals surface area contributed by atoms with Gasteiger partial charge in [0.15, 0.2) is 5.75 Å². The van der Waals surface area contributed by atoms with Crippen LogP contribution in [0, 0.1) is 17.1 Å². The lowest BCUT2D eigenvalue weighted by Gasteiger charge is -2.16. The predicted octanol–water partition coefficient (Wildman–Crippen LogP) is 3.34. The Morgan fingerprint density at radius 3 is 2.55 bits per heavy atom. The van der Waals surface area contributed by atoms with Crippen molar-refractivity contribution in [1.29, 1.82) is 5.26 Å². The fourth-order valence-corrected chi connectivity index (χ4v) is 2.61. The Balaban J connectivity index is 2.00. The van der Waals surface area contributed by atoms with Gasteiger partial charge in [0.05, 0.1) is 35.8 Å². The van der Waals surface area contributed by atoms with Crippen molar-refractivity contribution in [3.63, 3.8) is 0 Å². The summed E-state index contributed by atoms with van der Waals surface area (Å²) in [5.41, 5.74) is 1.57. The molecular weight excluding hydrogens is 375 g/mol. The number of methoxy groups -OCH3 is 1. The summed E-state index contributed by atoms with van der Waals surface area (Å²) < 4.78 is 18.4. The van der Waals surface area contributed by atoms with Crippen molar-refractivity contribution in [2.45, 2.75) is 0 Å². The minimum absolute atomic E-state index is 0.287. The first kappa shape index (κ1) is 19.6. The zero-order valence-electron chi connectivity index (χ0n) is 15.7. The van der Waals surface area contributed by atoms with Gasteiger partial charge >= 0.3 is 0 Å². The van der Waals surface area contributed by atoms with Gasteiger partial charge in [-0.3, -0.25) is 4.79 Å². The van der Waals surface area contributed by atoms with E-state index < -0.39 is 5.82 Å². The highest BCUT2D eigenvalue weighted by Gasteiger charge is 2.16. The number of carbonyl (C=O) groups excluding carboxylic acids is 1. The quantitative estimate of drug-likeness (QED) is 0.590. The van der Waals surface area contributed by atoms with Crippen molar-refractivity contribution in [2.75, 3.05) is 24.8 Å². The van der Waals surface area contributed by atoms with Crippen LogP contribution in [-0.4, -0.2) is 30.0 Å². The van der Waals surface area contributed by atoms with Gasteiger partial charge in [0.25, 0.3) is 5.91 Å². The average Bonchev–Trinajstić information content (AvgIpc) is 2.74. The Morgan fingerprint density at radius 1 is 1.10 bits per heavy atom. The number of hydrogen-bond acceptors (Lipinski definition) is 7. The van der Waals surface area contributed by atoms with Gasteiger partial charge in [-0.05, 0) is 24.3 Å². The third-order valence-corrected chi connectivity index (χ3v) is 3.97. The second-order valence-corrected chi connectivity index (χ2v) is 5.80. The van der Waals surface area contributed by atoms with Crippen LogP contribution in [0.2, 0.25) is 0 Å². The van der Waals surface area contributed by atoms with Gasteiger partial charge in [0, 0.05) is 19.3 Å². The zero-order chi connectivity index (χ0) is 20.8. The van der Waals surface area contributed by atoms with Crippen LogP contribution in [0.25, 0.3) is 0 Å². The van der Waals surface area contributed by atoms with Gasteiger partial charge in [-0.2, -0.15) is 5.26 Å². The molecule has 9 heteroatoms. The molecule has 3 aromatic rings. The first-order chi connectivity index (χ1) is 14.0. The Morgan fingerprint density at radius 2 is 1.90 bits per heavy atom. The number of nitriles is 1. The summed E-state index contributed by atoms with van der Waals surface area (Å²) in [5, 5.41) is 17.9. The van der Waals surface area contributed by atoms with Crippen molar-refractivity contribution < 1.29 is 13.9 Å². The monoisotopic (exact) mass is 392 g/mol. The van der Waals surface area contributed by atoms with Crippen molar-refractivity contribution in [3.8, 4) is 11.8 Å². The first-order valence-corrected chi connectivity index (χ1v) is 8.50. The summed E-state index contributed by atoms with van der Waals surface area (Å²) >= 11 is 0. The van der Waals surface area contributed by atoms with Gasteiger partial charge in [0.2, 0.25) is 0 Å². The molecule has 1 amide bonds. The maximum atomic E-state index is 13.1. The lowest BCUT2D eigenvalue weighted by molar-refractivity contribution is 0.0963. The normalized spacial score (nSPS) is 10.0. The number of rotatable bonds is 6. The molecule has 0 unspecified atom stereocenters. The zero-order valence-corrected chi connectivity index (χ0v) is 15.7. The summed E-state index contributed by atoms with van der Waals surface area (Å²) in [5.74, 6) is 0.327. The van der Waals surface area contributed by atoms with Crippen LogP contribution < -0.4 is 20.7 Å². The average molecular weight is 392 g/mol. The van der Waals surface area contributed by atoms with Crippen LogP contribution in [0.3, 0.4) is 0 Å². The van der Waals surface area contributed by atoms with Crippen LogP contribution in [0.1, 0.15) is 15.9 Å². The van der Waals surface area contributed by atoms with Gasteiger partial charge in [-0.15, -0.1) is 0 Å². The second-order valence-electron chi connectivity index (χ2n) is 5.80. The molecule has 0 spiro atoms. The Bertz CT molecular complexity index is 1080. The number of ether oxygens (including phenoxy) is 1. The standard InChI is InChI=1S/C20H17FN6O2/c1-23-20(28)14-11-25-18(27-17-7-6-13(21)10-24-17)8-16(14)26-15-5-3-4-12(9-22)19(15)29-2/h3-8,10-11H,1-2H3,(H,23,28)(H2,24,25,26,27). The molecule has 8 nitrogen and oxygen atoms in total. The van der Waals surface area contributed by atoms with Gasteiger partial charge in [-0.25, -0.2) is 14.4 Å². The van der Waals surface area contributed by atoms with Crippen LogP contribution in [0.5, 0.6) is 5.75 Å². The number of amides is 1. The highest BCUT2D eigenvalue weighted by atomic mass is 19.1. The third kappa shape index (κ3) is 4.39. The number of halogens is 1. The number of benzene rings is 1. The molecule has 146 valence electrons. The summed E-state index contributed by atoms with van der Waals surface area (Å²) in [6.07, 6.45) is 2.48. The SMILES string of the molecule is CNC(=O)c1cnc(Nc2ccc(F)cn2)cc1Nc1cccc(C#N)c1OC. The van der Waals surface area contributed by atoms with Crippen molar-refractivity contribution >= 4 is 28.9 Å². The van der Waals surface area contributed by atoms with Crippen LogP contribution in [-0.2, 0) is 0 Å². The van der Waals surface area contributed by atoms with Gasteiger partial charge in [-0.1, -0.05) is 6.07 Å². The summed E-state index contributed by atoms with van der Waals surface area (Å²) in [7, 11) is 2.97. The Kier molecular flexibility index (Phi) is 5.85. The molecule has 3 N–H and O–H groups in total. The molecule has 29 heavy (non-hydrogen) atoms. The van der Waals surface area contributed by atoms with E-state index in [1.807, 2.05) is 0 Å². The molecule has 0 aliphatic rings. The lowest BCUT2D eigenvalue weighted by Crippen LogP contribution is -2.19. The maximum Gasteiger partial charge on any atom is 0.254 e. The topological polar surface area (TPSA) is 112 Å². The largest absolute Gasteiger partial charge is 0.493 e. The van der Waals surface area contributed by atoms with E-state index in [0.29, 0.717) is 34.3 Å². The van der Waals surface area contributed by atoms with E-state index in [-0.39, 0.29) is 11.5 Å². The smallest absolute Gasteiger partial charge is 0.254 e. The number of para-hydroxylation sites is 1. The van der Waals surface area contributed by atoms with Crippen LogP contribution >= 0.6 is 0 Å². The number of nitrogens with one attached hydrogen (secondary N) is 3. The second kappa shape index (κ2) is 8.67. The number of aromatic nitrogens is 2. The summed E-state index contributed by atoms with van der Waals surface area (Å²) in [4.78, 5) is 20.4. The molecule has 0 radical (unpaired) electrons. The highest BCUT2D eigenvalue weighted by molar-refractivity contribution is 6.00. The highest BCUT2D eigenvalue weighted by Crippen LogP contribution is 2.33. The third-order valence-electron chi connectivity index (χ3n) is 3.97. The number of pyridine rings is 2. The molecule has 0 aliphatic carbocycles. The summed E-state index contributed by atoms with van der Waals surface area (Å²) in [6.45, 7) is 0. The van der Waals surface area contributed by atoms with E-state index in [2.05, 4.69) is 32.0 Å². The van der Waals surface area contributed by atoms with E-state index >= 15 is 0 Å². The number of carbonyl (C=O) groups is 1.